The quantitative estimate of drug-likeness (QED) is 0.817. The first-order chi connectivity index (χ1) is 9.61. The molecular formula is C13H17F3N2O3. The van der Waals surface area contributed by atoms with Crippen LogP contribution in [0.25, 0.3) is 0 Å². The Kier molecular flexibility index (Phi) is 5.65. The largest absolute Gasteiger partial charge is 0.481 e. The monoisotopic (exact) mass is 306 g/mol. The van der Waals surface area contributed by atoms with E-state index >= 15 is 0 Å². The van der Waals surface area contributed by atoms with Crippen LogP contribution in [0.2, 0.25) is 0 Å². The molecule has 0 spiro atoms. The second-order valence-corrected chi connectivity index (χ2v) is 4.70. The van der Waals surface area contributed by atoms with Crippen LogP contribution in [0.1, 0.15) is 35.6 Å². The lowest BCUT2D eigenvalue weighted by Gasteiger charge is -2.14. The van der Waals surface area contributed by atoms with Crippen LogP contribution in [-0.2, 0) is 16.0 Å². The Morgan fingerprint density at radius 1 is 1.29 bits per heavy atom. The van der Waals surface area contributed by atoms with Gasteiger partial charge < -0.3 is 9.84 Å². The number of halogens is 3. The number of alkyl halides is 3. The van der Waals surface area contributed by atoms with Gasteiger partial charge in [-0.15, -0.1) is 0 Å². The first-order valence-corrected chi connectivity index (χ1v) is 6.33. The molecule has 1 atom stereocenters. The van der Waals surface area contributed by atoms with Gasteiger partial charge in [0, 0.05) is 23.4 Å². The van der Waals surface area contributed by atoms with Crippen molar-refractivity contribution in [3.63, 3.8) is 0 Å². The number of ether oxygens (including phenoxy) is 1. The Morgan fingerprint density at radius 3 is 2.24 bits per heavy atom. The molecule has 1 N–H and O–H groups in total. The number of carboxylic acid groups (broad SMARTS) is 1. The molecule has 118 valence electrons. The summed E-state index contributed by atoms with van der Waals surface area (Å²) in [4.78, 5) is 19.3. The molecule has 0 saturated carbocycles. The molecule has 8 heteroatoms. The third kappa shape index (κ3) is 5.30. The summed E-state index contributed by atoms with van der Waals surface area (Å²) in [5, 5.41) is 9.02. The molecule has 1 aromatic rings. The van der Waals surface area contributed by atoms with Gasteiger partial charge in [0.15, 0.2) is 0 Å². The minimum Gasteiger partial charge on any atom is -0.481 e. The predicted molar refractivity (Wildman–Crippen MR) is 68.1 cm³/mol. The molecule has 1 unspecified atom stereocenters. The zero-order valence-corrected chi connectivity index (χ0v) is 12.0. The average Bonchev–Trinajstić information content (AvgIpc) is 2.32. The van der Waals surface area contributed by atoms with E-state index < -0.39 is 24.7 Å². The third-order valence-corrected chi connectivity index (χ3v) is 2.91. The third-order valence-electron chi connectivity index (χ3n) is 2.91. The first kappa shape index (κ1) is 17.4. The molecule has 1 heterocycles. The number of carbonyl (C=O) groups is 1. The minimum absolute atomic E-state index is 0.138. The summed E-state index contributed by atoms with van der Waals surface area (Å²) in [6.07, 6.45) is -4.22. The van der Waals surface area contributed by atoms with Crippen LogP contribution in [0.5, 0.6) is 0 Å². The lowest BCUT2D eigenvalue weighted by molar-refractivity contribution is -0.173. The number of aryl methyl sites for hydroxylation is 2. The van der Waals surface area contributed by atoms with E-state index in [4.69, 9.17) is 5.11 Å². The van der Waals surface area contributed by atoms with Crippen molar-refractivity contribution in [2.45, 2.75) is 39.3 Å². The van der Waals surface area contributed by atoms with Gasteiger partial charge in [0.25, 0.3) is 0 Å². The van der Waals surface area contributed by atoms with Crippen LogP contribution in [0, 0.1) is 13.8 Å². The maximum atomic E-state index is 11.9. The normalized spacial score (nSPS) is 13.2. The Bertz CT molecular complexity index is 495. The van der Waals surface area contributed by atoms with Crippen LogP contribution < -0.4 is 0 Å². The molecule has 21 heavy (non-hydrogen) atoms. The van der Waals surface area contributed by atoms with E-state index in [0.29, 0.717) is 22.8 Å². The number of hydrogen-bond donors (Lipinski definition) is 1. The zero-order chi connectivity index (χ0) is 16.2. The van der Waals surface area contributed by atoms with Crippen LogP contribution in [0.4, 0.5) is 13.2 Å². The number of rotatable bonds is 6. The van der Waals surface area contributed by atoms with Crippen LogP contribution in [-0.4, -0.2) is 40.4 Å². The van der Waals surface area contributed by atoms with E-state index in [0.717, 1.165) is 0 Å². The van der Waals surface area contributed by atoms with Gasteiger partial charge in [0.1, 0.15) is 12.4 Å². The van der Waals surface area contributed by atoms with E-state index in [2.05, 4.69) is 14.7 Å². The SMILES string of the molecule is Cc1nc(CCOCC(F)(F)F)nc(C)c1C(C)C(=O)O. The van der Waals surface area contributed by atoms with Gasteiger partial charge in [-0.1, -0.05) is 0 Å². The molecule has 1 aromatic heterocycles. The predicted octanol–water partition coefficient (Wildman–Crippen LogP) is 2.40. The highest BCUT2D eigenvalue weighted by Crippen LogP contribution is 2.21. The highest BCUT2D eigenvalue weighted by Gasteiger charge is 2.27. The van der Waals surface area contributed by atoms with Gasteiger partial charge in [-0.05, 0) is 20.8 Å². The summed E-state index contributed by atoms with van der Waals surface area (Å²) < 4.78 is 40.2. The molecule has 1 rings (SSSR count). The number of carboxylic acids is 1. The Balaban J connectivity index is 2.73. The number of aliphatic carboxylic acids is 1. The Labute approximate surface area is 120 Å². The van der Waals surface area contributed by atoms with Crippen LogP contribution in [0.15, 0.2) is 0 Å². The van der Waals surface area contributed by atoms with Crippen molar-refractivity contribution in [1.82, 2.24) is 9.97 Å². The van der Waals surface area contributed by atoms with Gasteiger partial charge >= 0.3 is 12.1 Å². The number of hydrogen-bond acceptors (Lipinski definition) is 4. The lowest BCUT2D eigenvalue weighted by atomic mass is 9.98. The fourth-order valence-electron chi connectivity index (χ4n) is 2.01. The summed E-state index contributed by atoms with van der Waals surface area (Å²) in [6, 6.07) is 0. The summed E-state index contributed by atoms with van der Waals surface area (Å²) in [7, 11) is 0. The minimum atomic E-state index is -4.35. The second kappa shape index (κ2) is 6.84. The number of nitrogens with zero attached hydrogens (tertiary/aromatic N) is 2. The summed E-state index contributed by atoms with van der Waals surface area (Å²) in [6.45, 7) is 3.39. The molecule has 0 aliphatic carbocycles. The highest BCUT2D eigenvalue weighted by molar-refractivity contribution is 5.76. The maximum Gasteiger partial charge on any atom is 0.411 e. The van der Waals surface area contributed by atoms with Crippen molar-refractivity contribution >= 4 is 5.97 Å². The fourth-order valence-corrected chi connectivity index (χ4v) is 2.01. The summed E-state index contributed by atoms with van der Waals surface area (Å²) >= 11 is 0. The van der Waals surface area contributed by atoms with Crippen molar-refractivity contribution < 1.29 is 27.8 Å². The van der Waals surface area contributed by atoms with Crippen LogP contribution >= 0.6 is 0 Å². The zero-order valence-electron chi connectivity index (χ0n) is 12.0. The van der Waals surface area contributed by atoms with Gasteiger partial charge in [0.05, 0.1) is 12.5 Å². The highest BCUT2D eigenvalue weighted by atomic mass is 19.4. The Hall–Kier alpha value is -1.70. The molecule has 0 radical (unpaired) electrons. The van der Waals surface area contributed by atoms with Crippen molar-refractivity contribution in [2.75, 3.05) is 13.2 Å². The molecule has 0 aliphatic rings. The van der Waals surface area contributed by atoms with E-state index in [1.807, 2.05) is 0 Å². The average molecular weight is 306 g/mol. The molecule has 0 amide bonds. The maximum absolute atomic E-state index is 11.9. The summed E-state index contributed by atoms with van der Waals surface area (Å²) in [5.74, 6) is -1.37. The standard InChI is InChI=1S/C13H17F3N2O3/c1-7(12(19)20)11-8(2)17-10(18-9(11)3)4-5-21-6-13(14,15)16/h7H,4-6H2,1-3H3,(H,19,20). The molecule has 5 nitrogen and oxygen atoms in total. The van der Waals surface area contributed by atoms with E-state index in [-0.39, 0.29) is 13.0 Å². The van der Waals surface area contributed by atoms with Gasteiger partial charge in [-0.3, -0.25) is 4.79 Å². The molecule has 0 aromatic carbocycles. The topological polar surface area (TPSA) is 72.3 Å². The second-order valence-electron chi connectivity index (χ2n) is 4.70. The summed E-state index contributed by atoms with van der Waals surface area (Å²) in [5.41, 5.74) is 1.56. The fraction of sp³-hybridized carbons (Fsp3) is 0.615. The van der Waals surface area contributed by atoms with E-state index in [1.165, 1.54) is 6.92 Å². The lowest BCUT2D eigenvalue weighted by Crippen LogP contribution is -2.19. The van der Waals surface area contributed by atoms with Crippen molar-refractivity contribution in [3.8, 4) is 0 Å². The van der Waals surface area contributed by atoms with Crippen molar-refractivity contribution in [2.24, 2.45) is 0 Å². The van der Waals surface area contributed by atoms with Gasteiger partial charge in [-0.25, -0.2) is 9.97 Å². The Morgan fingerprint density at radius 2 is 1.81 bits per heavy atom. The van der Waals surface area contributed by atoms with Crippen molar-refractivity contribution in [3.05, 3.63) is 22.8 Å². The smallest absolute Gasteiger partial charge is 0.411 e. The van der Waals surface area contributed by atoms with E-state index in [1.54, 1.807) is 13.8 Å². The van der Waals surface area contributed by atoms with Gasteiger partial charge in [0.2, 0.25) is 0 Å². The van der Waals surface area contributed by atoms with Gasteiger partial charge in [-0.2, -0.15) is 13.2 Å². The number of aromatic nitrogens is 2. The molecule has 0 fully saturated rings. The van der Waals surface area contributed by atoms with Crippen LogP contribution in [0.3, 0.4) is 0 Å². The first-order valence-electron chi connectivity index (χ1n) is 6.33. The molecule has 0 bridgehead atoms. The molecule has 0 aliphatic heterocycles. The van der Waals surface area contributed by atoms with E-state index in [9.17, 15) is 18.0 Å². The van der Waals surface area contributed by atoms with Crippen molar-refractivity contribution in [1.29, 1.82) is 0 Å². The molecular weight excluding hydrogens is 289 g/mol. The molecule has 0 saturated heterocycles.